The average molecular weight is 290 g/mol. The maximum absolute atomic E-state index is 11.6. The minimum atomic E-state index is -0.446. The number of esters is 1. The number of furan rings is 1. The smallest absolute Gasteiger partial charge is 0.341 e. The van der Waals surface area contributed by atoms with Crippen molar-refractivity contribution in [2.75, 3.05) is 13.7 Å². The molecule has 112 valence electrons. The summed E-state index contributed by atoms with van der Waals surface area (Å²) in [6, 6.07) is 8.95. The molecule has 0 aliphatic rings. The summed E-state index contributed by atoms with van der Waals surface area (Å²) in [4.78, 5) is 11.6. The lowest BCUT2D eigenvalue weighted by molar-refractivity contribution is 0.0595. The van der Waals surface area contributed by atoms with E-state index in [1.807, 2.05) is 31.2 Å². The molecular weight excluding hydrogens is 272 g/mol. The van der Waals surface area contributed by atoms with E-state index in [9.17, 15) is 4.79 Å². The van der Waals surface area contributed by atoms with Crippen molar-refractivity contribution in [2.24, 2.45) is 0 Å². The van der Waals surface area contributed by atoms with Gasteiger partial charge in [-0.3, -0.25) is 0 Å². The molecule has 0 radical (unpaired) electrons. The Balaban J connectivity index is 2.06. The molecule has 0 bridgehead atoms. The first-order valence-corrected chi connectivity index (χ1v) is 6.75. The highest BCUT2D eigenvalue weighted by Gasteiger charge is 2.16. The molecule has 21 heavy (non-hydrogen) atoms. The Hall–Kier alpha value is -2.43. The molecule has 1 heterocycles. The molecule has 0 saturated carbocycles. The standard InChI is InChI=1S/C16H18O5/c1-3-9-19-13-6-4-5-7-14(13)21-11-15-12(8-10-20-15)16(17)18-2/h4-8,10H,3,9,11H2,1-2H3. The second-order valence-electron chi connectivity index (χ2n) is 4.33. The van der Waals surface area contributed by atoms with E-state index in [0.29, 0.717) is 29.4 Å². The molecule has 0 fully saturated rings. The number of para-hydroxylation sites is 2. The molecule has 5 heteroatoms. The summed E-state index contributed by atoms with van der Waals surface area (Å²) in [7, 11) is 1.33. The molecule has 0 atom stereocenters. The van der Waals surface area contributed by atoms with Gasteiger partial charge in [0.05, 0.1) is 20.0 Å². The highest BCUT2D eigenvalue weighted by Crippen LogP contribution is 2.28. The Morgan fingerprint density at radius 1 is 1.14 bits per heavy atom. The first-order valence-electron chi connectivity index (χ1n) is 6.75. The summed E-state index contributed by atoms with van der Waals surface area (Å²) < 4.78 is 21.2. The Morgan fingerprint density at radius 3 is 2.52 bits per heavy atom. The van der Waals surface area contributed by atoms with E-state index in [2.05, 4.69) is 4.74 Å². The third kappa shape index (κ3) is 3.78. The molecule has 2 rings (SSSR count). The van der Waals surface area contributed by atoms with Crippen LogP contribution in [0.5, 0.6) is 11.5 Å². The quantitative estimate of drug-likeness (QED) is 0.731. The van der Waals surface area contributed by atoms with Gasteiger partial charge in [-0.2, -0.15) is 0 Å². The van der Waals surface area contributed by atoms with Crippen LogP contribution in [0.2, 0.25) is 0 Å². The lowest BCUT2D eigenvalue weighted by Gasteiger charge is -2.11. The first-order chi connectivity index (χ1) is 10.3. The number of benzene rings is 1. The van der Waals surface area contributed by atoms with Gasteiger partial charge in [-0.15, -0.1) is 0 Å². The van der Waals surface area contributed by atoms with Gasteiger partial charge in [0.1, 0.15) is 12.2 Å². The van der Waals surface area contributed by atoms with E-state index in [4.69, 9.17) is 13.9 Å². The lowest BCUT2D eigenvalue weighted by atomic mass is 10.2. The molecule has 5 nitrogen and oxygen atoms in total. The van der Waals surface area contributed by atoms with Crippen molar-refractivity contribution < 1.29 is 23.4 Å². The van der Waals surface area contributed by atoms with Gasteiger partial charge in [0, 0.05) is 0 Å². The number of ether oxygens (including phenoxy) is 3. The number of methoxy groups -OCH3 is 1. The minimum Gasteiger partial charge on any atom is -0.490 e. The third-order valence-electron chi connectivity index (χ3n) is 2.82. The zero-order valence-corrected chi connectivity index (χ0v) is 12.1. The van der Waals surface area contributed by atoms with Crippen molar-refractivity contribution in [3.05, 3.63) is 47.9 Å². The van der Waals surface area contributed by atoms with Crippen LogP contribution < -0.4 is 9.47 Å². The second-order valence-corrected chi connectivity index (χ2v) is 4.33. The van der Waals surface area contributed by atoms with Crippen LogP contribution in [0.15, 0.2) is 41.0 Å². The van der Waals surface area contributed by atoms with Crippen molar-refractivity contribution in [3.63, 3.8) is 0 Å². The van der Waals surface area contributed by atoms with Crippen LogP contribution >= 0.6 is 0 Å². The summed E-state index contributed by atoms with van der Waals surface area (Å²) in [6.45, 7) is 2.79. The number of hydrogen-bond donors (Lipinski definition) is 0. The van der Waals surface area contributed by atoms with E-state index < -0.39 is 5.97 Å². The van der Waals surface area contributed by atoms with Crippen LogP contribution in [-0.4, -0.2) is 19.7 Å². The van der Waals surface area contributed by atoms with Gasteiger partial charge in [-0.1, -0.05) is 19.1 Å². The maximum atomic E-state index is 11.6. The van der Waals surface area contributed by atoms with Gasteiger partial charge in [0.2, 0.25) is 0 Å². The van der Waals surface area contributed by atoms with Crippen molar-refractivity contribution in [2.45, 2.75) is 20.0 Å². The second kappa shape index (κ2) is 7.38. The highest BCUT2D eigenvalue weighted by atomic mass is 16.5. The fourth-order valence-electron chi connectivity index (χ4n) is 1.79. The lowest BCUT2D eigenvalue weighted by Crippen LogP contribution is -2.06. The van der Waals surface area contributed by atoms with Crippen molar-refractivity contribution in [1.82, 2.24) is 0 Å². The van der Waals surface area contributed by atoms with Gasteiger partial charge in [-0.25, -0.2) is 4.79 Å². The molecule has 0 spiro atoms. The zero-order valence-electron chi connectivity index (χ0n) is 12.1. The molecule has 0 aliphatic heterocycles. The highest BCUT2D eigenvalue weighted by molar-refractivity contribution is 5.90. The van der Waals surface area contributed by atoms with Crippen molar-refractivity contribution in [3.8, 4) is 11.5 Å². The largest absolute Gasteiger partial charge is 0.490 e. The Kier molecular flexibility index (Phi) is 5.26. The first kappa shape index (κ1) is 15.0. The van der Waals surface area contributed by atoms with Crippen molar-refractivity contribution in [1.29, 1.82) is 0 Å². The van der Waals surface area contributed by atoms with E-state index in [-0.39, 0.29) is 6.61 Å². The topological polar surface area (TPSA) is 57.9 Å². The van der Waals surface area contributed by atoms with Crippen LogP contribution in [0.25, 0.3) is 0 Å². The summed E-state index contributed by atoms with van der Waals surface area (Å²) >= 11 is 0. The zero-order chi connectivity index (χ0) is 15.1. The predicted molar refractivity (Wildman–Crippen MR) is 76.6 cm³/mol. The number of carbonyl (C=O) groups excluding carboxylic acids is 1. The van der Waals surface area contributed by atoms with E-state index in [1.165, 1.54) is 13.4 Å². The minimum absolute atomic E-state index is 0.129. The maximum Gasteiger partial charge on any atom is 0.341 e. The van der Waals surface area contributed by atoms with Gasteiger partial charge in [0.15, 0.2) is 17.3 Å². The van der Waals surface area contributed by atoms with Crippen LogP contribution in [0.3, 0.4) is 0 Å². The third-order valence-corrected chi connectivity index (χ3v) is 2.82. The Morgan fingerprint density at radius 2 is 1.86 bits per heavy atom. The fourth-order valence-corrected chi connectivity index (χ4v) is 1.79. The monoisotopic (exact) mass is 290 g/mol. The van der Waals surface area contributed by atoms with Gasteiger partial charge in [0.25, 0.3) is 0 Å². The molecule has 0 amide bonds. The number of carbonyl (C=O) groups is 1. The Labute approximate surface area is 123 Å². The molecule has 0 aliphatic carbocycles. The van der Waals surface area contributed by atoms with Crippen LogP contribution in [0, 0.1) is 0 Å². The number of rotatable bonds is 7. The Bertz CT molecular complexity index is 588. The molecule has 1 aromatic carbocycles. The van der Waals surface area contributed by atoms with Crippen LogP contribution in [0.1, 0.15) is 29.5 Å². The molecule has 0 N–H and O–H groups in total. The molecule has 1 aromatic heterocycles. The van der Waals surface area contributed by atoms with Crippen LogP contribution in [-0.2, 0) is 11.3 Å². The van der Waals surface area contributed by atoms with Gasteiger partial charge in [-0.05, 0) is 24.6 Å². The van der Waals surface area contributed by atoms with Gasteiger partial charge >= 0.3 is 5.97 Å². The van der Waals surface area contributed by atoms with E-state index in [0.717, 1.165) is 6.42 Å². The average Bonchev–Trinajstić information content (AvgIpc) is 2.99. The number of hydrogen-bond acceptors (Lipinski definition) is 5. The van der Waals surface area contributed by atoms with Crippen LogP contribution in [0.4, 0.5) is 0 Å². The summed E-state index contributed by atoms with van der Waals surface area (Å²) in [5, 5.41) is 0. The molecular formula is C16H18O5. The van der Waals surface area contributed by atoms with E-state index >= 15 is 0 Å². The molecule has 0 unspecified atom stereocenters. The molecule has 0 saturated heterocycles. The summed E-state index contributed by atoms with van der Waals surface area (Å²) in [6.07, 6.45) is 2.35. The normalized spacial score (nSPS) is 10.2. The summed E-state index contributed by atoms with van der Waals surface area (Å²) in [5.41, 5.74) is 0.365. The molecule has 2 aromatic rings. The van der Waals surface area contributed by atoms with Gasteiger partial charge < -0.3 is 18.6 Å². The summed E-state index contributed by atoms with van der Waals surface area (Å²) in [5.74, 6) is 1.26. The fraction of sp³-hybridized carbons (Fsp3) is 0.312. The van der Waals surface area contributed by atoms with Crippen molar-refractivity contribution >= 4 is 5.97 Å². The van der Waals surface area contributed by atoms with E-state index in [1.54, 1.807) is 6.07 Å². The SMILES string of the molecule is CCCOc1ccccc1OCc1occc1C(=O)OC. The predicted octanol–water partition coefficient (Wildman–Crippen LogP) is 3.43.